The van der Waals surface area contributed by atoms with Gasteiger partial charge < -0.3 is 15.0 Å². The Morgan fingerprint density at radius 2 is 1.83 bits per heavy atom. The van der Waals surface area contributed by atoms with Gasteiger partial charge in [-0.05, 0) is 50.1 Å². The lowest BCUT2D eigenvalue weighted by molar-refractivity contribution is -0.133. The molecule has 2 rings (SSSR count). The standard InChI is InChI=1S/C18H27N3O3/c1-14-8-10-21(11-9-14)18(23)13-20(2)12-17(22)19-15-4-6-16(24-3)7-5-15/h4-7,14H,8-13H2,1-3H3,(H,19,22). The summed E-state index contributed by atoms with van der Waals surface area (Å²) in [6.45, 7) is 4.32. The molecule has 6 heteroatoms. The molecule has 1 heterocycles. The van der Waals surface area contributed by atoms with Crippen molar-refractivity contribution in [3.63, 3.8) is 0 Å². The van der Waals surface area contributed by atoms with E-state index in [0.29, 0.717) is 11.6 Å². The summed E-state index contributed by atoms with van der Waals surface area (Å²) in [5.41, 5.74) is 0.713. The van der Waals surface area contributed by atoms with Gasteiger partial charge in [0, 0.05) is 18.8 Å². The van der Waals surface area contributed by atoms with Crippen molar-refractivity contribution in [3.8, 4) is 5.75 Å². The van der Waals surface area contributed by atoms with Crippen LogP contribution < -0.4 is 10.1 Å². The fourth-order valence-electron chi connectivity index (χ4n) is 2.76. The highest BCUT2D eigenvalue weighted by Crippen LogP contribution is 2.16. The quantitative estimate of drug-likeness (QED) is 0.863. The van der Waals surface area contributed by atoms with Gasteiger partial charge in [-0.3, -0.25) is 14.5 Å². The number of anilines is 1. The molecule has 1 fully saturated rings. The minimum absolute atomic E-state index is 0.0987. The molecule has 1 aromatic rings. The monoisotopic (exact) mass is 333 g/mol. The molecular formula is C18H27N3O3. The van der Waals surface area contributed by atoms with Gasteiger partial charge in [0.05, 0.1) is 20.2 Å². The molecule has 0 aromatic heterocycles. The second-order valence-corrected chi connectivity index (χ2v) is 6.51. The number of piperidine rings is 1. The molecule has 1 aliphatic rings. The molecule has 1 aromatic carbocycles. The van der Waals surface area contributed by atoms with Gasteiger partial charge in [0.2, 0.25) is 11.8 Å². The van der Waals surface area contributed by atoms with Crippen LogP contribution in [0.1, 0.15) is 19.8 Å². The molecule has 0 aliphatic carbocycles. The summed E-state index contributed by atoms with van der Waals surface area (Å²) in [6, 6.07) is 7.16. The van der Waals surface area contributed by atoms with E-state index < -0.39 is 0 Å². The Bertz CT molecular complexity index is 551. The Morgan fingerprint density at radius 1 is 1.21 bits per heavy atom. The molecule has 6 nitrogen and oxygen atoms in total. The van der Waals surface area contributed by atoms with Crippen LogP contribution in [0, 0.1) is 5.92 Å². The average Bonchev–Trinajstić information content (AvgIpc) is 2.55. The maximum atomic E-state index is 12.3. The van der Waals surface area contributed by atoms with Crippen LogP contribution in [-0.2, 0) is 9.59 Å². The molecule has 2 amide bonds. The number of amides is 2. The molecule has 0 spiro atoms. The third-order valence-electron chi connectivity index (χ3n) is 4.33. The molecule has 1 N–H and O–H groups in total. The van der Waals surface area contributed by atoms with E-state index in [0.717, 1.165) is 31.7 Å². The van der Waals surface area contributed by atoms with Crippen LogP contribution in [0.25, 0.3) is 0 Å². The lowest BCUT2D eigenvalue weighted by atomic mass is 9.99. The summed E-state index contributed by atoms with van der Waals surface area (Å²) in [5, 5.41) is 2.82. The lowest BCUT2D eigenvalue weighted by Gasteiger charge is -2.31. The summed E-state index contributed by atoms with van der Waals surface area (Å²) >= 11 is 0. The molecule has 0 atom stereocenters. The summed E-state index contributed by atoms with van der Waals surface area (Å²) in [4.78, 5) is 28.0. The van der Waals surface area contributed by atoms with Gasteiger partial charge in [-0.15, -0.1) is 0 Å². The molecule has 1 saturated heterocycles. The van der Waals surface area contributed by atoms with Crippen molar-refractivity contribution < 1.29 is 14.3 Å². The largest absolute Gasteiger partial charge is 0.497 e. The smallest absolute Gasteiger partial charge is 0.238 e. The third-order valence-corrected chi connectivity index (χ3v) is 4.33. The van der Waals surface area contributed by atoms with Crippen LogP contribution in [0.5, 0.6) is 5.75 Å². The zero-order chi connectivity index (χ0) is 17.5. The van der Waals surface area contributed by atoms with Crippen molar-refractivity contribution in [2.75, 3.05) is 45.7 Å². The van der Waals surface area contributed by atoms with E-state index >= 15 is 0 Å². The van der Waals surface area contributed by atoms with Gasteiger partial charge in [0.1, 0.15) is 5.75 Å². The van der Waals surface area contributed by atoms with Crippen LogP contribution in [-0.4, -0.2) is 62.0 Å². The number of carbonyl (C=O) groups is 2. The minimum Gasteiger partial charge on any atom is -0.497 e. The van der Waals surface area contributed by atoms with Crippen LogP contribution in [0.15, 0.2) is 24.3 Å². The number of ether oxygens (including phenoxy) is 1. The van der Waals surface area contributed by atoms with Gasteiger partial charge in [-0.2, -0.15) is 0 Å². The number of likely N-dealkylation sites (tertiary alicyclic amines) is 1. The number of hydrogen-bond acceptors (Lipinski definition) is 4. The van der Waals surface area contributed by atoms with Crippen molar-refractivity contribution in [1.29, 1.82) is 0 Å². The van der Waals surface area contributed by atoms with Crippen molar-refractivity contribution in [3.05, 3.63) is 24.3 Å². The average molecular weight is 333 g/mol. The number of nitrogens with one attached hydrogen (secondary N) is 1. The first kappa shape index (κ1) is 18.3. The zero-order valence-corrected chi connectivity index (χ0v) is 14.7. The third kappa shape index (κ3) is 5.53. The number of carbonyl (C=O) groups excluding carboxylic acids is 2. The summed E-state index contributed by atoms with van der Waals surface area (Å²) in [5.74, 6) is 1.40. The molecule has 24 heavy (non-hydrogen) atoms. The Balaban J connectivity index is 1.75. The second kappa shape index (κ2) is 8.68. The highest BCUT2D eigenvalue weighted by molar-refractivity contribution is 5.92. The van der Waals surface area contributed by atoms with Crippen LogP contribution in [0.4, 0.5) is 5.69 Å². The van der Waals surface area contributed by atoms with Crippen LogP contribution >= 0.6 is 0 Å². The van der Waals surface area contributed by atoms with E-state index in [-0.39, 0.29) is 24.9 Å². The van der Waals surface area contributed by atoms with E-state index in [2.05, 4.69) is 12.2 Å². The molecule has 0 bridgehead atoms. The van der Waals surface area contributed by atoms with Gasteiger partial charge >= 0.3 is 0 Å². The molecule has 0 radical (unpaired) electrons. The first-order valence-electron chi connectivity index (χ1n) is 8.38. The second-order valence-electron chi connectivity index (χ2n) is 6.51. The number of methoxy groups -OCH3 is 1. The van der Waals surface area contributed by atoms with Crippen molar-refractivity contribution in [2.45, 2.75) is 19.8 Å². The van der Waals surface area contributed by atoms with Crippen LogP contribution in [0.2, 0.25) is 0 Å². The number of rotatable bonds is 6. The minimum atomic E-state index is -0.136. The molecule has 132 valence electrons. The topological polar surface area (TPSA) is 61.9 Å². The number of benzene rings is 1. The maximum Gasteiger partial charge on any atom is 0.238 e. The van der Waals surface area contributed by atoms with Gasteiger partial charge in [-0.1, -0.05) is 6.92 Å². The Morgan fingerprint density at radius 3 is 2.42 bits per heavy atom. The lowest BCUT2D eigenvalue weighted by Crippen LogP contribution is -2.44. The van der Waals surface area contributed by atoms with Gasteiger partial charge in [0.25, 0.3) is 0 Å². The van der Waals surface area contributed by atoms with E-state index in [1.54, 1.807) is 43.3 Å². The fourth-order valence-corrected chi connectivity index (χ4v) is 2.76. The van der Waals surface area contributed by atoms with Crippen molar-refractivity contribution >= 4 is 17.5 Å². The van der Waals surface area contributed by atoms with Gasteiger partial charge in [0.15, 0.2) is 0 Å². The highest BCUT2D eigenvalue weighted by atomic mass is 16.5. The fraction of sp³-hybridized carbons (Fsp3) is 0.556. The van der Waals surface area contributed by atoms with E-state index in [1.807, 2.05) is 4.90 Å². The normalized spacial score (nSPS) is 15.4. The molecule has 1 aliphatic heterocycles. The van der Waals surface area contributed by atoms with E-state index in [1.165, 1.54) is 0 Å². The van der Waals surface area contributed by atoms with E-state index in [4.69, 9.17) is 4.74 Å². The number of likely N-dealkylation sites (N-methyl/N-ethyl adjacent to an activating group) is 1. The van der Waals surface area contributed by atoms with Gasteiger partial charge in [-0.25, -0.2) is 0 Å². The maximum absolute atomic E-state index is 12.3. The SMILES string of the molecule is COc1ccc(NC(=O)CN(C)CC(=O)N2CCC(C)CC2)cc1. The highest BCUT2D eigenvalue weighted by Gasteiger charge is 2.21. The predicted molar refractivity (Wildman–Crippen MR) is 94.1 cm³/mol. The zero-order valence-electron chi connectivity index (χ0n) is 14.7. The summed E-state index contributed by atoms with van der Waals surface area (Å²) < 4.78 is 5.08. The first-order chi connectivity index (χ1) is 11.5. The van der Waals surface area contributed by atoms with E-state index in [9.17, 15) is 9.59 Å². The molecule has 0 unspecified atom stereocenters. The van der Waals surface area contributed by atoms with Crippen molar-refractivity contribution in [2.24, 2.45) is 5.92 Å². The Kier molecular flexibility index (Phi) is 6.61. The predicted octanol–water partition coefficient (Wildman–Crippen LogP) is 1.82. The Labute approximate surface area is 143 Å². The summed E-state index contributed by atoms with van der Waals surface area (Å²) in [6.07, 6.45) is 2.13. The number of hydrogen-bond donors (Lipinski definition) is 1. The molecule has 0 saturated carbocycles. The number of nitrogens with zero attached hydrogens (tertiary/aromatic N) is 2. The molecular weight excluding hydrogens is 306 g/mol. The van der Waals surface area contributed by atoms with Crippen molar-refractivity contribution in [1.82, 2.24) is 9.80 Å². The first-order valence-corrected chi connectivity index (χ1v) is 8.38. The Hall–Kier alpha value is -2.08. The van der Waals surface area contributed by atoms with Crippen LogP contribution in [0.3, 0.4) is 0 Å². The summed E-state index contributed by atoms with van der Waals surface area (Å²) in [7, 11) is 3.39.